The monoisotopic (exact) mass is 748 g/mol. The molecule has 0 saturated heterocycles. The zero-order chi connectivity index (χ0) is 38.5. The second kappa shape index (κ2) is 28.1. The van der Waals surface area contributed by atoms with Crippen molar-refractivity contribution in [2.45, 2.75) is 148 Å². The number of esters is 1. The standard InChI is InChI=1S/C21H31F3O3.C19H27F3O3/c1-2-26-20(25)18-12-14-19(15-13-18)27-17-11-9-7-5-3-4-6-8-10-16-21(22,23)24;20-19(21,22)14-8-6-4-2-1-3-5-7-9-15-25-17-12-10-16(11-13-17)18(23)24/h12-15H,2-11,16-17H2,1H3;10-13H,1-9,14-15H2,(H,23,24). The molecular formula is C40H58F6O6. The van der Waals surface area contributed by atoms with Crippen molar-refractivity contribution in [2.75, 3.05) is 19.8 Å². The van der Waals surface area contributed by atoms with Crippen molar-refractivity contribution in [1.82, 2.24) is 0 Å². The van der Waals surface area contributed by atoms with Gasteiger partial charge in [0.1, 0.15) is 11.5 Å². The number of hydrogen-bond acceptors (Lipinski definition) is 5. The molecule has 52 heavy (non-hydrogen) atoms. The minimum Gasteiger partial charge on any atom is -0.494 e. The summed E-state index contributed by atoms with van der Waals surface area (Å²) < 4.78 is 88.0. The number of halogens is 6. The van der Waals surface area contributed by atoms with Crippen LogP contribution in [0.2, 0.25) is 0 Å². The fraction of sp³-hybridized carbons (Fsp3) is 0.650. The first-order valence-electron chi connectivity index (χ1n) is 18.8. The van der Waals surface area contributed by atoms with E-state index in [1.165, 1.54) is 12.1 Å². The molecule has 0 radical (unpaired) electrons. The highest BCUT2D eigenvalue weighted by Gasteiger charge is 2.26. The Balaban J connectivity index is 0.000000522. The fourth-order valence-corrected chi connectivity index (χ4v) is 5.31. The number of alkyl halides is 6. The lowest BCUT2D eigenvalue weighted by atomic mass is 10.1. The zero-order valence-corrected chi connectivity index (χ0v) is 30.6. The lowest BCUT2D eigenvalue weighted by Gasteiger charge is -2.07. The van der Waals surface area contributed by atoms with Crippen LogP contribution in [-0.2, 0) is 4.74 Å². The lowest BCUT2D eigenvalue weighted by molar-refractivity contribution is -0.136. The van der Waals surface area contributed by atoms with Crippen LogP contribution >= 0.6 is 0 Å². The van der Waals surface area contributed by atoms with Crippen LogP contribution in [0, 0.1) is 0 Å². The maximum absolute atomic E-state index is 12.0. The van der Waals surface area contributed by atoms with Gasteiger partial charge in [-0.05, 0) is 81.1 Å². The van der Waals surface area contributed by atoms with Crippen LogP contribution in [0.3, 0.4) is 0 Å². The summed E-state index contributed by atoms with van der Waals surface area (Å²) in [5.74, 6) is 0.127. The average molecular weight is 749 g/mol. The van der Waals surface area contributed by atoms with Gasteiger partial charge in [-0.15, -0.1) is 0 Å². The van der Waals surface area contributed by atoms with E-state index >= 15 is 0 Å². The number of carboxylic acid groups (broad SMARTS) is 1. The molecule has 0 aromatic heterocycles. The molecule has 0 fully saturated rings. The molecule has 6 nitrogen and oxygen atoms in total. The quantitative estimate of drug-likeness (QED) is 0.0556. The minimum absolute atomic E-state index is 0.241. The minimum atomic E-state index is -4.01. The Morgan fingerprint density at radius 2 is 0.808 bits per heavy atom. The maximum Gasteiger partial charge on any atom is 0.389 e. The molecule has 296 valence electrons. The van der Waals surface area contributed by atoms with Crippen molar-refractivity contribution in [3.8, 4) is 11.5 Å². The largest absolute Gasteiger partial charge is 0.494 e. The van der Waals surface area contributed by atoms with Crippen LogP contribution in [0.5, 0.6) is 11.5 Å². The molecule has 0 atom stereocenters. The van der Waals surface area contributed by atoms with E-state index in [9.17, 15) is 35.9 Å². The van der Waals surface area contributed by atoms with E-state index in [0.717, 1.165) is 95.6 Å². The first-order chi connectivity index (χ1) is 24.8. The third-order valence-electron chi connectivity index (χ3n) is 8.21. The third kappa shape index (κ3) is 27.2. The van der Waals surface area contributed by atoms with Crippen LogP contribution < -0.4 is 9.47 Å². The number of carbonyl (C=O) groups excluding carboxylic acids is 1. The SMILES string of the molecule is CCOC(=O)c1ccc(OCCCCCCCCCCCC(F)(F)F)cc1.O=C(O)c1ccc(OCCCCCCCCCCCC(F)(F)F)cc1. The maximum atomic E-state index is 12.0. The van der Waals surface area contributed by atoms with E-state index in [-0.39, 0.29) is 24.4 Å². The van der Waals surface area contributed by atoms with E-state index in [0.29, 0.717) is 44.0 Å². The molecule has 0 heterocycles. The first-order valence-corrected chi connectivity index (χ1v) is 18.8. The third-order valence-corrected chi connectivity index (χ3v) is 8.21. The summed E-state index contributed by atoms with van der Waals surface area (Å²) in [5, 5.41) is 8.80. The highest BCUT2D eigenvalue weighted by Crippen LogP contribution is 2.24. The number of hydrogen-bond donors (Lipinski definition) is 1. The molecule has 2 rings (SSSR count). The Hall–Kier alpha value is -3.44. The van der Waals surface area contributed by atoms with Crippen molar-refractivity contribution < 1.29 is 55.2 Å². The Morgan fingerprint density at radius 1 is 0.500 bits per heavy atom. The van der Waals surface area contributed by atoms with Crippen LogP contribution in [0.4, 0.5) is 26.3 Å². The molecule has 2 aromatic rings. The van der Waals surface area contributed by atoms with Crippen LogP contribution in [0.25, 0.3) is 0 Å². The van der Waals surface area contributed by atoms with Gasteiger partial charge in [0.15, 0.2) is 0 Å². The average Bonchev–Trinajstić information content (AvgIpc) is 3.09. The van der Waals surface area contributed by atoms with Gasteiger partial charge < -0.3 is 19.3 Å². The molecule has 0 bridgehead atoms. The predicted molar refractivity (Wildman–Crippen MR) is 191 cm³/mol. The van der Waals surface area contributed by atoms with E-state index in [1.807, 2.05) is 0 Å². The van der Waals surface area contributed by atoms with Gasteiger partial charge in [0.25, 0.3) is 0 Å². The molecule has 0 amide bonds. The lowest BCUT2D eigenvalue weighted by Crippen LogP contribution is -2.06. The Labute approximate surface area is 305 Å². The van der Waals surface area contributed by atoms with Gasteiger partial charge in [0, 0.05) is 12.8 Å². The molecule has 0 unspecified atom stereocenters. The molecular weight excluding hydrogens is 690 g/mol. The number of rotatable bonds is 27. The molecule has 0 aliphatic heterocycles. The van der Waals surface area contributed by atoms with Gasteiger partial charge in [0.2, 0.25) is 0 Å². The van der Waals surface area contributed by atoms with Crippen LogP contribution in [0.1, 0.15) is 156 Å². The molecule has 0 spiro atoms. The smallest absolute Gasteiger partial charge is 0.389 e. The van der Waals surface area contributed by atoms with Crippen molar-refractivity contribution in [3.05, 3.63) is 59.7 Å². The predicted octanol–water partition coefficient (Wildman–Crippen LogP) is 12.9. The zero-order valence-electron chi connectivity index (χ0n) is 30.6. The van der Waals surface area contributed by atoms with E-state index in [4.69, 9.17) is 19.3 Å². The Kier molecular flexibility index (Phi) is 25.2. The number of ether oxygens (including phenoxy) is 3. The van der Waals surface area contributed by atoms with Gasteiger partial charge in [-0.1, -0.05) is 89.9 Å². The summed E-state index contributed by atoms with van der Waals surface area (Å²) >= 11 is 0. The fourth-order valence-electron chi connectivity index (χ4n) is 5.31. The number of carboxylic acids is 1. The van der Waals surface area contributed by atoms with Gasteiger partial charge in [-0.2, -0.15) is 26.3 Å². The van der Waals surface area contributed by atoms with Crippen molar-refractivity contribution in [1.29, 1.82) is 0 Å². The molecule has 0 saturated carbocycles. The first kappa shape index (κ1) is 46.6. The summed E-state index contributed by atoms with van der Waals surface area (Å²) in [4.78, 5) is 22.3. The van der Waals surface area contributed by atoms with Crippen molar-refractivity contribution >= 4 is 11.9 Å². The summed E-state index contributed by atoms with van der Waals surface area (Å²) in [6, 6.07) is 13.3. The number of benzene rings is 2. The molecule has 2 aromatic carbocycles. The van der Waals surface area contributed by atoms with Crippen molar-refractivity contribution in [3.63, 3.8) is 0 Å². The number of carbonyl (C=O) groups is 2. The summed E-state index contributed by atoms with van der Waals surface area (Å²) in [5.41, 5.74) is 0.758. The topological polar surface area (TPSA) is 82.1 Å². The van der Waals surface area contributed by atoms with Crippen LogP contribution in [0.15, 0.2) is 48.5 Å². The van der Waals surface area contributed by atoms with Crippen molar-refractivity contribution in [2.24, 2.45) is 0 Å². The van der Waals surface area contributed by atoms with Gasteiger partial charge in [-0.25, -0.2) is 9.59 Å². The Morgan fingerprint density at radius 3 is 1.12 bits per heavy atom. The highest BCUT2D eigenvalue weighted by molar-refractivity contribution is 5.89. The van der Waals surface area contributed by atoms with Crippen LogP contribution in [-0.4, -0.2) is 49.2 Å². The highest BCUT2D eigenvalue weighted by atomic mass is 19.4. The van der Waals surface area contributed by atoms with Gasteiger partial charge in [0.05, 0.1) is 30.9 Å². The molecule has 0 aliphatic rings. The normalized spacial score (nSPS) is 11.4. The summed E-state index contributed by atoms with van der Waals surface area (Å²) in [7, 11) is 0. The molecule has 0 aliphatic carbocycles. The second-order valence-electron chi connectivity index (χ2n) is 12.9. The number of unbranched alkanes of at least 4 members (excludes halogenated alkanes) is 16. The van der Waals surface area contributed by atoms with E-state index in [1.54, 1.807) is 43.3 Å². The Bertz CT molecular complexity index is 1180. The molecule has 12 heteroatoms. The second-order valence-corrected chi connectivity index (χ2v) is 12.9. The summed E-state index contributed by atoms with van der Waals surface area (Å²) in [6.07, 6.45) is 6.91. The van der Waals surface area contributed by atoms with Gasteiger partial charge in [-0.3, -0.25) is 0 Å². The number of aromatic carboxylic acids is 1. The van der Waals surface area contributed by atoms with E-state index in [2.05, 4.69) is 0 Å². The van der Waals surface area contributed by atoms with Gasteiger partial charge >= 0.3 is 24.3 Å². The van der Waals surface area contributed by atoms with E-state index < -0.39 is 31.2 Å². The molecule has 1 N–H and O–H groups in total. The summed E-state index contributed by atoms with van der Waals surface area (Å²) in [6.45, 7) is 3.36.